The van der Waals surface area contributed by atoms with Crippen molar-refractivity contribution < 1.29 is 0 Å². The summed E-state index contributed by atoms with van der Waals surface area (Å²) >= 11 is 6.92. The number of rotatable bonds is 6. The van der Waals surface area contributed by atoms with E-state index in [4.69, 9.17) is 0 Å². The lowest BCUT2D eigenvalue weighted by molar-refractivity contribution is 0.588. The molecule has 0 bridgehead atoms. The van der Waals surface area contributed by atoms with Crippen LogP contribution >= 0.6 is 31.9 Å². The van der Waals surface area contributed by atoms with E-state index in [9.17, 15) is 0 Å². The Hall–Kier alpha value is 0.0700. The average Bonchev–Trinajstić information content (AvgIpc) is 3.04. The Kier molecular flexibility index (Phi) is 4.79. The minimum Gasteiger partial charge on any atom is -0.311 e. The van der Waals surface area contributed by atoms with Crippen LogP contribution in [-0.4, -0.2) is 11.5 Å². The summed E-state index contributed by atoms with van der Waals surface area (Å²) in [6.45, 7) is 1.94. The van der Waals surface area contributed by atoms with Crippen molar-refractivity contribution in [2.24, 2.45) is 5.92 Å². The van der Waals surface area contributed by atoms with Crippen molar-refractivity contribution in [2.45, 2.75) is 32.2 Å². The molecule has 1 heterocycles. The first-order valence-corrected chi connectivity index (χ1v) is 7.35. The maximum absolute atomic E-state index is 4.37. The van der Waals surface area contributed by atoms with E-state index in [1.807, 2.05) is 12.3 Å². The fourth-order valence-electron chi connectivity index (χ4n) is 1.70. The summed E-state index contributed by atoms with van der Waals surface area (Å²) in [5.74, 6) is 1.04. The third kappa shape index (κ3) is 4.15. The van der Waals surface area contributed by atoms with Crippen LogP contribution in [0.1, 0.15) is 31.4 Å². The summed E-state index contributed by atoms with van der Waals surface area (Å²) in [6.07, 6.45) is 7.44. The summed E-state index contributed by atoms with van der Waals surface area (Å²) in [5, 5.41) is 3.44. The second-order valence-corrected chi connectivity index (χ2v) is 6.11. The number of halogens is 2. The molecule has 88 valence electrons. The van der Waals surface area contributed by atoms with Gasteiger partial charge in [-0.2, -0.15) is 0 Å². The van der Waals surface area contributed by atoms with Crippen molar-refractivity contribution >= 4 is 31.9 Å². The van der Waals surface area contributed by atoms with Gasteiger partial charge in [0.05, 0.1) is 5.69 Å². The van der Waals surface area contributed by atoms with Crippen LogP contribution in [0.5, 0.6) is 0 Å². The highest BCUT2D eigenvalue weighted by Gasteiger charge is 2.19. The average molecular weight is 348 g/mol. The molecule has 4 heteroatoms. The summed E-state index contributed by atoms with van der Waals surface area (Å²) < 4.78 is 2.08. The van der Waals surface area contributed by atoms with Gasteiger partial charge in [-0.25, -0.2) is 0 Å². The quantitative estimate of drug-likeness (QED) is 0.790. The fraction of sp³-hybridized carbons (Fsp3) is 0.583. The van der Waals surface area contributed by atoms with Crippen LogP contribution in [0.25, 0.3) is 0 Å². The molecule has 1 N–H and O–H groups in total. The lowest BCUT2D eigenvalue weighted by Crippen LogP contribution is -2.16. The van der Waals surface area contributed by atoms with Crippen LogP contribution in [0.4, 0.5) is 0 Å². The number of pyridine rings is 1. The second-order valence-electron chi connectivity index (χ2n) is 4.34. The molecule has 1 aliphatic rings. The van der Waals surface area contributed by atoms with E-state index >= 15 is 0 Å². The summed E-state index contributed by atoms with van der Waals surface area (Å²) in [6, 6.07) is 2.04. The molecular weight excluding hydrogens is 332 g/mol. The topological polar surface area (TPSA) is 24.9 Å². The van der Waals surface area contributed by atoms with E-state index in [2.05, 4.69) is 42.2 Å². The molecule has 1 aromatic rings. The van der Waals surface area contributed by atoms with Gasteiger partial charge in [0.25, 0.3) is 0 Å². The molecule has 0 aromatic carbocycles. The Morgan fingerprint density at radius 2 is 2.19 bits per heavy atom. The highest BCUT2D eigenvalue weighted by Crippen LogP contribution is 2.33. The standard InChI is InChI=1S/C12H16Br2N2/c13-10-6-11(14)12(16-7-10)8-15-5-1-2-9-3-4-9/h6-7,9,15H,1-5,8H2. The molecule has 1 saturated carbocycles. The molecule has 16 heavy (non-hydrogen) atoms. The number of aromatic nitrogens is 1. The van der Waals surface area contributed by atoms with Gasteiger partial charge in [-0.15, -0.1) is 0 Å². The predicted molar refractivity (Wildman–Crippen MR) is 73.3 cm³/mol. The van der Waals surface area contributed by atoms with Crippen LogP contribution < -0.4 is 5.32 Å². The minimum absolute atomic E-state index is 0.846. The van der Waals surface area contributed by atoms with E-state index in [1.54, 1.807) is 0 Å². The normalized spacial score (nSPS) is 15.4. The maximum atomic E-state index is 4.37. The van der Waals surface area contributed by atoms with E-state index in [0.717, 1.165) is 33.6 Å². The van der Waals surface area contributed by atoms with Gasteiger partial charge in [-0.3, -0.25) is 4.98 Å². The van der Waals surface area contributed by atoms with Crippen LogP contribution in [0, 0.1) is 5.92 Å². The first-order valence-electron chi connectivity index (χ1n) is 5.76. The van der Waals surface area contributed by atoms with Gasteiger partial charge in [0.1, 0.15) is 0 Å². The molecule has 0 atom stereocenters. The summed E-state index contributed by atoms with van der Waals surface area (Å²) in [4.78, 5) is 4.37. The van der Waals surface area contributed by atoms with Gasteiger partial charge in [0.2, 0.25) is 0 Å². The SMILES string of the molecule is Brc1cnc(CNCCCC2CC2)c(Br)c1. The Morgan fingerprint density at radius 3 is 2.88 bits per heavy atom. The van der Waals surface area contributed by atoms with Crippen molar-refractivity contribution in [1.29, 1.82) is 0 Å². The second kappa shape index (κ2) is 6.12. The molecule has 1 fully saturated rings. The van der Waals surface area contributed by atoms with E-state index in [0.29, 0.717) is 0 Å². The molecule has 2 nitrogen and oxygen atoms in total. The van der Waals surface area contributed by atoms with Crippen molar-refractivity contribution in [3.05, 3.63) is 26.9 Å². The molecular formula is C12H16Br2N2. The number of hydrogen-bond donors (Lipinski definition) is 1. The molecule has 0 amide bonds. The van der Waals surface area contributed by atoms with E-state index in [1.165, 1.54) is 25.7 Å². The smallest absolute Gasteiger partial charge is 0.0684 e. The van der Waals surface area contributed by atoms with E-state index < -0.39 is 0 Å². The van der Waals surface area contributed by atoms with Crippen molar-refractivity contribution in [2.75, 3.05) is 6.54 Å². The zero-order valence-electron chi connectivity index (χ0n) is 9.18. The number of nitrogens with one attached hydrogen (secondary N) is 1. The molecule has 1 aliphatic carbocycles. The van der Waals surface area contributed by atoms with E-state index in [-0.39, 0.29) is 0 Å². The predicted octanol–water partition coefficient (Wildman–Crippen LogP) is 3.89. The van der Waals surface area contributed by atoms with Crippen molar-refractivity contribution in [3.63, 3.8) is 0 Å². The Bertz CT molecular complexity index is 351. The van der Waals surface area contributed by atoms with Gasteiger partial charge >= 0.3 is 0 Å². The minimum atomic E-state index is 0.846. The van der Waals surface area contributed by atoms with Gasteiger partial charge in [0.15, 0.2) is 0 Å². The summed E-state index contributed by atoms with van der Waals surface area (Å²) in [7, 11) is 0. The first kappa shape index (κ1) is 12.5. The third-order valence-corrected chi connectivity index (χ3v) is 3.96. The van der Waals surface area contributed by atoms with Gasteiger partial charge in [0, 0.05) is 21.7 Å². The molecule has 0 saturated heterocycles. The van der Waals surface area contributed by atoms with Crippen LogP contribution in [0.15, 0.2) is 21.2 Å². The lowest BCUT2D eigenvalue weighted by atomic mass is 10.2. The molecule has 0 aliphatic heterocycles. The zero-order valence-corrected chi connectivity index (χ0v) is 12.3. The third-order valence-electron chi connectivity index (χ3n) is 2.84. The highest BCUT2D eigenvalue weighted by molar-refractivity contribution is 9.11. The van der Waals surface area contributed by atoms with Crippen LogP contribution in [-0.2, 0) is 6.54 Å². The first-order chi connectivity index (χ1) is 7.75. The monoisotopic (exact) mass is 346 g/mol. The lowest BCUT2D eigenvalue weighted by Gasteiger charge is -2.06. The van der Waals surface area contributed by atoms with Crippen LogP contribution in [0.3, 0.4) is 0 Å². The van der Waals surface area contributed by atoms with Crippen molar-refractivity contribution in [1.82, 2.24) is 10.3 Å². The molecule has 2 rings (SSSR count). The fourth-order valence-corrected chi connectivity index (χ4v) is 2.83. The Balaban J connectivity index is 1.67. The molecule has 0 radical (unpaired) electrons. The van der Waals surface area contributed by atoms with Crippen LogP contribution in [0.2, 0.25) is 0 Å². The largest absolute Gasteiger partial charge is 0.311 e. The molecule has 0 spiro atoms. The number of hydrogen-bond acceptors (Lipinski definition) is 2. The highest BCUT2D eigenvalue weighted by atomic mass is 79.9. The maximum Gasteiger partial charge on any atom is 0.0684 e. The van der Waals surface area contributed by atoms with Gasteiger partial charge in [-0.1, -0.05) is 12.8 Å². The van der Waals surface area contributed by atoms with Crippen molar-refractivity contribution in [3.8, 4) is 0 Å². The molecule has 1 aromatic heterocycles. The Morgan fingerprint density at radius 1 is 1.38 bits per heavy atom. The van der Waals surface area contributed by atoms with Gasteiger partial charge in [-0.05, 0) is 63.2 Å². The Labute approximate surface area is 113 Å². The summed E-state index contributed by atoms with van der Waals surface area (Å²) in [5.41, 5.74) is 1.08. The zero-order chi connectivity index (χ0) is 11.4. The molecule has 0 unspecified atom stereocenters. The van der Waals surface area contributed by atoms with Gasteiger partial charge < -0.3 is 5.32 Å². The number of nitrogens with zero attached hydrogens (tertiary/aromatic N) is 1.